The predicted molar refractivity (Wildman–Crippen MR) is 162 cm³/mol. The number of rotatable bonds is 8. The number of pyridine rings is 1. The Balaban J connectivity index is 1.37. The highest BCUT2D eigenvalue weighted by Crippen LogP contribution is 2.40. The lowest BCUT2D eigenvalue weighted by Crippen LogP contribution is -2.43. The van der Waals surface area contributed by atoms with Crippen molar-refractivity contribution in [2.24, 2.45) is 0 Å². The number of nitriles is 1. The first-order valence-corrected chi connectivity index (χ1v) is 15.2. The third-order valence-electron chi connectivity index (χ3n) is 9.25. The van der Waals surface area contributed by atoms with E-state index in [0.29, 0.717) is 41.4 Å². The highest BCUT2D eigenvalue weighted by atomic mass is 35.5. The molecule has 1 atom stereocenters. The van der Waals surface area contributed by atoms with Crippen LogP contribution in [0.3, 0.4) is 0 Å². The van der Waals surface area contributed by atoms with Crippen LogP contribution in [0.15, 0.2) is 42.6 Å². The van der Waals surface area contributed by atoms with E-state index in [1.807, 2.05) is 30.3 Å². The maximum Gasteiger partial charge on any atom is 0.319 e. The first kappa shape index (κ1) is 27.3. The normalized spacial score (nSPS) is 19.8. The summed E-state index contributed by atoms with van der Waals surface area (Å²) >= 11 is 6.60. The average Bonchev–Trinajstić information content (AvgIpc) is 3.75. The maximum atomic E-state index is 16.7. The van der Waals surface area contributed by atoms with Crippen molar-refractivity contribution in [1.82, 2.24) is 25.2 Å². The summed E-state index contributed by atoms with van der Waals surface area (Å²) in [5.74, 6) is 0.0137. The molecule has 0 spiro atoms. The summed E-state index contributed by atoms with van der Waals surface area (Å²) in [6.07, 6.45) is 7.34. The molecular formula is C32H33ClFN7O. The predicted octanol–water partition coefficient (Wildman–Crippen LogP) is 5.73. The SMILES string of the molecule is N#CCCN(c1nc(OCC23CCCN2CCC3)nc2c(F)c(-c3cccc4cccc(Cl)c34)ncc12)C1CCNC1. The Bertz CT molecular complexity index is 1670. The van der Waals surface area contributed by atoms with E-state index >= 15 is 4.39 Å². The zero-order valence-corrected chi connectivity index (χ0v) is 24.2. The topological polar surface area (TPSA) is 90.2 Å². The zero-order chi connectivity index (χ0) is 28.7. The fourth-order valence-electron chi connectivity index (χ4n) is 7.18. The molecule has 2 aromatic heterocycles. The van der Waals surface area contributed by atoms with Gasteiger partial charge >= 0.3 is 6.01 Å². The first-order valence-electron chi connectivity index (χ1n) is 14.8. The van der Waals surface area contributed by atoms with Crippen molar-refractivity contribution in [3.8, 4) is 23.3 Å². The van der Waals surface area contributed by atoms with E-state index < -0.39 is 5.82 Å². The van der Waals surface area contributed by atoms with Crippen molar-refractivity contribution in [2.75, 3.05) is 44.2 Å². The minimum Gasteiger partial charge on any atom is -0.461 e. The summed E-state index contributed by atoms with van der Waals surface area (Å²) in [6, 6.07) is 13.8. The van der Waals surface area contributed by atoms with Crippen molar-refractivity contribution in [1.29, 1.82) is 5.26 Å². The Hall–Kier alpha value is -3.58. The molecule has 7 rings (SSSR count). The minimum absolute atomic E-state index is 0.00397. The van der Waals surface area contributed by atoms with Crippen LogP contribution in [0.25, 0.3) is 32.9 Å². The van der Waals surface area contributed by atoms with Gasteiger partial charge in [0.15, 0.2) is 5.82 Å². The fraction of sp³-hybridized carbons (Fsp3) is 0.438. The van der Waals surface area contributed by atoms with Crippen LogP contribution in [-0.2, 0) is 0 Å². The molecule has 5 heterocycles. The quantitative estimate of drug-likeness (QED) is 0.280. The molecule has 10 heteroatoms. The van der Waals surface area contributed by atoms with E-state index in [9.17, 15) is 5.26 Å². The molecule has 3 saturated heterocycles. The molecule has 8 nitrogen and oxygen atoms in total. The molecule has 0 amide bonds. The van der Waals surface area contributed by atoms with E-state index in [0.717, 1.165) is 69.1 Å². The monoisotopic (exact) mass is 585 g/mol. The number of benzene rings is 2. The summed E-state index contributed by atoms with van der Waals surface area (Å²) in [7, 11) is 0. The molecule has 42 heavy (non-hydrogen) atoms. The number of nitrogens with one attached hydrogen (secondary N) is 1. The molecule has 1 unspecified atom stereocenters. The standard InChI is InChI=1S/C32H33ClFN7O/c33-25-9-2-7-21-6-1-8-23(26(21)25)28-27(34)29-24(19-37-28)30(41(17-5-13-35)22-10-14-36-18-22)39-31(38-29)42-20-32-11-3-15-40(32)16-4-12-32/h1-2,6-9,19,22,36H,3-5,10-12,14-18,20H2. The second kappa shape index (κ2) is 11.3. The molecule has 0 radical (unpaired) electrons. The number of ether oxygens (including phenoxy) is 1. The first-order chi connectivity index (χ1) is 20.6. The van der Waals surface area contributed by atoms with Crippen molar-refractivity contribution in [2.45, 2.75) is 50.1 Å². The fourth-order valence-corrected chi connectivity index (χ4v) is 7.47. The summed E-state index contributed by atoms with van der Waals surface area (Å²) < 4.78 is 23.1. The van der Waals surface area contributed by atoms with Crippen molar-refractivity contribution < 1.29 is 9.13 Å². The second-order valence-corrected chi connectivity index (χ2v) is 12.0. The van der Waals surface area contributed by atoms with Crippen LogP contribution >= 0.6 is 11.6 Å². The van der Waals surface area contributed by atoms with Gasteiger partial charge in [-0.3, -0.25) is 9.88 Å². The molecule has 1 N–H and O–H groups in total. The number of hydrogen-bond donors (Lipinski definition) is 1. The largest absolute Gasteiger partial charge is 0.461 e. The van der Waals surface area contributed by atoms with Gasteiger partial charge in [0.2, 0.25) is 0 Å². The van der Waals surface area contributed by atoms with Crippen LogP contribution in [0, 0.1) is 17.1 Å². The molecule has 4 aromatic rings. The molecular weight excluding hydrogens is 553 g/mol. The highest BCUT2D eigenvalue weighted by molar-refractivity contribution is 6.36. The number of anilines is 1. The second-order valence-electron chi connectivity index (χ2n) is 11.6. The Labute approximate surface area is 249 Å². The van der Waals surface area contributed by atoms with Crippen LogP contribution in [-0.4, -0.2) is 70.8 Å². The minimum atomic E-state index is -0.542. The lowest BCUT2D eigenvalue weighted by molar-refractivity contribution is 0.108. The van der Waals surface area contributed by atoms with Gasteiger partial charge in [0.1, 0.15) is 23.6 Å². The van der Waals surface area contributed by atoms with Gasteiger partial charge in [-0.1, -0.05) is 41.9 Å². The Morgan fingerprint density at radius 1 is 1.17 bits per heavy atom. The van der Waals surface area contributed by atoms with Crippen LogP contribution in [0.2, 0.25) is 5.02 Å². The lowest BCUT2D eigenvalue weighted by Gasteiger charge is -2.32. The molecule has 3 aliphatic heterocycles. The van der Waals surface area contributed by atoms with Crippen LogP contribution < -0.4 is 15.0 Å². The molecule has 3 aliphatic rings. The lowest BCUT2D eigenvalue weighted by atomic mass is 9.95. The highest BCUT2D eigenvalue weighted by Gasteiger charge is 2.45. The maximum absolute atomic E-state index is 16.7. The number of halogens is 2. The van der Waals surface area contributed by atoms with Gasteiger partial charge in [0.25, 0.3) is 0 Å². The summed E-state index contributed by atoms with van der Waals surface area (Å²) in [4.78, 5) is 18.8. The van der Waals surface area contributed by atoms with Crippen molar-refractivity contribution in [3.05, 3.63) is 53.4 Å². The number of nitrogens with zero attached hydrogens (tertiary/aromatic N) is 6. The average molecular weight is 586 g/mol. The molecule has 0 saturated carbocycles. The molecule has 0 aliphatic carbocycles. The van der Waals surface area contributed by atoms with Crippen LogP contribution in [0.1, 0.15) is 38.5 Å². The van der Waals surface area contributed by atoms with Gasteiger partial charge in [-0.25, -0.2) is 4.39 Å². The van der Waals surface area contributed by atoms with Gasteiger partial charge in [-0.15, -0.1) is 0 Å². The summed E-state index contributed by atoms with van der Waals surface area (Å²) in [5, 5.41) is 15.5. The van der Waals surface area contributed by atoms with Gasteiger partial charge in [-0.2, -0.15) is 15.2 Å². The number of hydrogen-bond acceptors (Lipinski definition) is 8. The van der Waals surface area contributed by atoms with Crippen molar-refractivity contribution >= 4 is 39.1 Å². The van der Waals surface area contributed by atoms with Gasteiger partial charge in [0, 0.05) is 41.3 Å². The zero-order valence-electron chi connectivity index (χ0n) is 23.5. The Morgan fingerprint density at radius 2 is 1.98 bits per heavy atom. The van der Waals surface area contributed by atoms with E-state index in [1.54, 1.807) is 12.3 Å². The Kier molecular flexibility index (Phi) is 7.30. The van der Waals surface area contributed by atoms with Gasteiger partial charge in [-0.05, 0) is 63.2 Å². The third kappa shape index (κ3) is 4.72. The molecule has 3 fully saturated rings. The van der Waals surface area contributed by atoms with Crippen LogP contribution in [0.5, 0.6) is 6.01 Å². The summed E-state index contributed by atoms with van der Waals surface area (Å²) in [6.45, 7) is 4.74. The Morgan fingerprint density at radius 3 is 2.74 bits per heavy atom. The molecule has 0 bridgehead atoms. The van der Waals surface area contributed by atoms with Crippen LogP contribution in [0.4, 0.5) is 10.2 Å². The number of aromatic nitrogens is 3. The van der Waals surface area contributed by atoms with E-state index in [4.69, 9.17) is 21.3 Å². The molecule has 2 aromatic carbocycles. The molecule has 216 valence electrons. The third-order valence-corrected chi connectivity index (χ3v) is 9.56. The smallest absolute Gasteiger partial charge is 0.319 e. The van der Waals surface area contributed by atoms with E-state index in [2.05, 4.69) is 31.2 Å². The number of fused-ring (bicyclic) bond motifs is 3. The van der Waals surface area contributed by atoms with E-state index in [1.165, 1.54) is 0 Å². The van der Waals surface area contributed by atoms with Crippen molar-refractivity contribution in [3.63, 3.8) is 0 Å². The van der Waals surface area contributed by atoms with Gasteiger partial charge in [0.05, 0.1) is 23.4 Å². The van der Waals surface area contributed by atoms with Gasteiger partial charge < -0.3 is 15.0 Å². The summed E-state index contributed by atoms with van der Waals surface area (Å²) in [5.41, 5.74) is 0.937. The van der Waals surface area contributed by atoms with E-state index in [-0.39, 0.29) is 28.8 Å².